The van der Waals surface area contributed by atoms with Gasteiger partial charge in [0.25, 0.3) is 0 Å². The summed E-state index contributed by atoms with van der Waals surface area (Å²) >= 11 is 0. The molecular formula is C12H20N2O3. The Labute approximate surface area is 101 Å². The van der Waals surface area contributed by atoms with Crippen LogP contribution in [0, 0.1) is 11.8 Å². The lowest BCUT2D eigenvalue weighted by Crippen LogP contribution is -2.46. The lowest BCUT2D eigenvalue weighted by Gasteiger charge is -2.36. The molecule has 5 heteroatoms. The highest BCUT2D eigenvalue weighted by atomic mass is 16.3. The second kappa shape index (κ2) is 5.04. The molecule has 1 atom stereocenters. The zero-order valence-electron chi connectivity index (χ0n) is 10.2. The summed E-state index contributed by atoms with van der Waals surface area (Å²) in [4.78, 5) is 24.8. The highest BCUT2D eigenvalue weighted by Crippen LogP contribution is 2.28. The average molecular weight is 240 g/mol. The highest BCUT2D eigenvalue weighted by molar-refractivity contribution is 5.83. The molecule has 0 bridgehead atoms. The van der Waals surface area contributed by atoms with Crippen molar-refractivity contribution in [2.24, 2.45) is 11.8 Å². The summed E-state index contributed by atoms with van der Waals surface area (Å²) < 4.78 is 0. The van der Waals surface area contributed by atoms with E-state index in [4.69, 9.17) is 0 Å². The first kappa shape index (κ1) is 12.4. The van der Waals surface area contributed by atoms with Gasteiger partial charge >= 0.3 is 0 Å². The molecule has 2 N–H and O–H groups in total. The normalized spacial score (nSPS) is 32.6. The number of nitrogens with zero attached hydrogens (tertiary/aromatic N) is 1. The molecular weight excluding hydrogens is 220 g/mol. The summed E-state index contributed by atoms with van der Waals surface area (Å²) in [5.41, 5.74) is 0. The monoisotopic (exact) mass is 240 g/mol. The van der Waals surface area contributed by atoms with E-state index in [1.165, 1.54) is 0 Å². The van der Waals surface area contributed by atoms with E-state index in [1.54, 1.807) is 4.90 Å². The molecule has 96 valence electrons. The summed E-state index contributed by atoms with van der Waals surface area (Å²) in [6, 6.07) is 0. The van der Waals surface area contributed by atoms with Crippen LogP contribution in [0.15, 0.2) is 0 Å². The predicted octanol–water partition coefficient (Wildman–Crippen LogP) is -0.258. The maximum absolute atomic E-state index is 12.1. The molecule has 0 radical (unpaired) electrons. The van der Waals surface area contributed by atoms with E-state index >= 15 is 0 Å². The van der Waals surface area contributed by atoms with E-state index < -0.39 is 0 Å². The van der Waals surface area contributed by atoms with Crippen molar-refractivity contribution in [2.45, 2.75) is 31.8 Å². The van der Waals surface area contributed by atoms with E-state index in [-0.39, 0.29) is 23.8 Å². The van der Waals surface area contributed by atoms with E-state index in [0.29, 0.717) is 25.3 Å². The quantitative estimate of drug-likeness (QED) is 0.714. The summed E-state index contributed by atoms with van der Waals surface area (Å²) in [5.74, 6) is 0.532. The Morgan fingerprint density at radius 2 is 2.24 bits per heavy atom. The molecule has 1 aliphatic carbocycles. The van der Waals surface area contributed by atoms with Gasteiger partial charge in [-0.05, 0) is 25.2 Å². The van der Waals surface area contributed by atoms with Crippen LogP contribution in [0.3, 0.4) is 0 Å². The van der Waals surface area contributed by atoms with Crippen LogP contribution in [-0.4, -0.2) is 48.1 Å². The Morgan fingerprint density at radius 1 is 1.53 bits per heavy atom. The van der Waals surface area contributed by atoms with Crippen LogP contribution >= 0.6 is 0 Å². The minimum absolute atomic E-state index is 0.0406. The van der Waals surface area contributed by atoms with Crippen molar-refractivity contribution < 1.29 is 14.7 Å². The van der Waals surface area contributed by atoms with Crippen molar-refractivity contribution in [2.75, 3.05) is 20.1 Å². The van der Waals surface area contributed by atoms with Crippen molar-refractivity contribution in [1.82, 2.24) is 10.2 Å². The molecule has 2 aliphatic rings. The Morgan fingerprint density at radius 3 is 2.76 bits per heavy atom. The molecule has 0 aromatic rings. The zero-order chi connectivity index (χ0) is 12.4. The third-order valence-corrected chi connectivity index (χ3v) is 3.73. The number of carbonyl (C=O) groups is 2. The summed E-state index contributed by atoms with van der Waals surface area (Å²) in [5, 5.41) is 11.9. The molecule has 1 saturated heterocycles. The minimum atomic E-state index is -0.169. The van der Waals surface area contributed by atoms with Crippen molar-refractivity contribution in [3.05, 3.63) is 0 Å². The van der Waals surface area contributed by atoms with E-state index in [2.05, 4.69) is 5.32 Å². The lowest BCUT2D eigenvalue weighted by molar-refractivity contribution is -0.137. The van der Waals surface area contributed by atoms with E-state index in [1.807, 2.05) is 7.05 Å². The number of rotatable bonds is 3. The first-order valence-electron chi connectivity index (χ1n) is 6.26. The van der Waals surface area contributed by atoms with Crippen molar-refractivity contribution >= 4 is 11.8 Å². The molecule has 17 heavy (non-hydrogen) atoms. The smallest absolute Gasteiger partial charge is 0.227 e. The molecule has 1 saturated carbocycles. The minimum Gasteiger partial charge on any atom is -0.393 e. The molecule has 1 heterocycles. The fourth-order valence-electron chi connectivity index (χ4n) is 2.58. The fourth-order valence-corrected chi connectivity index (χ4v) is 2.58. The Bertz CT molecular complexity index is 303. The number of aliphatic hydroxyl groups excluding tert-OH is 1. The largest absolute Gasteiger partial charge is 0.393 e. The van der Waals surface area contributed by atoms with Gasteiger partial charge in [-0.25, -0.2) is 0 Å². The van der Waals surface area contributed by atoms with Gasteiger partial charge in [0.15, 0.2) is 0 Å². The van der Waals surface area contributed by atoms with Gasteiger partial charge in [0, 0.05) is 26.6 Å². The third-order valence-electron chi connectivity index (χ3n) is 3.73. The Balaban J connectivity index is 1.76. The number of amides is 2. The SMILES string of the molecule is CN(CC1CC(O)C1)C(=O)C1CCC(=O)NC1. The molecule has 2 rings (SSSR count). The van der Waals surface area contributed by atoms with Gasteiger partial charge in [0.05, 0.1) is 12.0 Å². The van der Waals surface area contributed by atoms with Crippen LogP contribution in [0.5, 0.6) is 0 Å². The molecule has 2 amide bonds. The van der Waals surface area contributed by atoms with Gasteiger partial charge in [-0.15, -0.1) is 0 Å². The first-order chi connectivity index (χ1) is 8.06. The Hall–Kier alpha value is -1.10. The second-order valence-corrected chi connectivity index (χ2v) is 5.25. The molecule has 1 aliphatic heterocycles. The van der Waals surface area contributed by atoms with Gasteiger partial charge in [-0.1, -0.05) is 0 Å². The zero-order valence-corrected chi connectivity index (χ0v) is 10.2. The summed E-state index contributed by atoms with van der Waals surface area (Å²) in [6.45, 7) is 1.19. The van der Waals surface area contributed by atoms with E-state index in [9.17, 15) is 14.7 Å². The summed E-state index contributed by atoms with van der Waals surface area (Å²) in [6.07, 6.45) is 2.55. The van der Waals surface area contributed by atoms with Crippen LogP contribution in [0.25, 0.3) is 0 Å². The molecule has 1 unspecified atom stereocenters. The van der Waals surface area contributed by atoms with Gasteiger partial charge in [-0.3, -0.25) is 9.59 Å². The molecule has 0 aromatic carbocycles. The number of hydrogen-bond acceptors (Lipinski definition) is 3. The van der Waals surface area contributed by atoms with E-state index in [0.717, 1.165) is 19.4 Å². The predicted molar refractivity (Wildman–Crippen MR) is 62.1 cm³/mol. The van der Waals surface area contributed by atoms with Crippen LogP contribution < -0.4 is 5.32 Å². The molecule has 0 spiro atoms. The van der Waals surface area contributed by atoms with Gasteiger partial charge in [0.1, 0.15) is 0 Å². The molecule has 5 nitrogen and oxygen atoms in total. The number of piperidine rings is 1. The van der Waals surface area contributed by atoms with Crippen molar-refractivity contribution in [1.29, 1.82) is 0 Å². The Kier molecular flexibility index (Phi) is 3.66. The summed E-state index contributed by atoms with van der Waals surface area (Å²) in [7, 11) is 1.81. The van der Waals surface area contributed by atoms with Crippen molar-refractivity contribution in [3.8, 4) is 0 Å². The maximum Gasteiger partial charge on any atom is 0.227 e. The van der Waals surface area contributed by atoms with Gasteiger partial charge in [-0.2, -0.15) is 0 Å². The highest BCUT2D eigenvalue weighted by Gasteiger charge is 2.32. The molecule has 2 fully saturated rings. The van der Waals surface area contributed by atoms with Crippen LogP contribution in [0.2, 0.25) is 0 Å². The topological polar surface area (TPSA) is 69.6 Å². The lowest BCUT2D eigenvalue weighted by atomic mass is 9.82. The molecule has 0 aromatic heterocycles. The second-order valence-electron chi connectivity index (χ2n) is 5.25. The fraction of sp³-hybridized carbons (Fsp3) is 0.833. The first-order valence-corrected chi connectivity index (χ1v) is 6.26. The van der Waals surface area contributed by atoms with Crippen LogP contribution in [0.4, 0.5) is 0 Å². The average Bonchev–Trinajstić information content (AvgIpc) is 2.27. The third kappa shape index (κ3) is 2.97. The van der Waals surface area contributed by atoms with Crippen molar-refractivity contribution in [3.63, 3.8) is 0 Å². The number of carbonyl (C=O) groups excluding carboxylic acids is 2. The van der Waals surface area contributed by atoms with Crippen LogP contribution in [0.1, 0.15) is 25.7 Å². The van der Waals surface area contributed by atoms with Gasteiger partial charge < -0.3 is 15.3 Å². The number of hydrogen-bond donors (Lipinski definition) is 2. The van der Waals surface area contributed by atoms with Crippen LogP contribution in [-0.2, 0) is 9.59 Å². The number of aliphatic hydroxyl groups is 1. The van der Waals surface area contributed by atoms with Gasteiger partial charge in [0.2, 0.25) is 11.8 Å². The standard InChI is InChI=1S/C12H20N2O3/c1-14(7-8-4-10(15)5-8)12(17)9-2-3-11(16)13-6-9/h8-10,15H,2-7H2,1H3,(H,13,16). The maximum atomic E-state index is 12.1. The number of nitrogens with one attached hydrogen (secondary N) is 1.